The van der Waals surface area contributed by atoms with Crippen molar-refractivity contribution in [1.29, 1.82) is 0 Å². The van der Waals surface area contributed by atoms with Gasteiger partial charge in [0.05, 0.1) is 33.0 Å². The van der Waals surface area contributed by atoms with Gasteiger partial charge >= 0.3 is 0 Å². The summed E-state index contributed by atoms with van der Waals surface area (Å²) in [4.78, 5) is 11.2. The Morgan fingerprint density at radius 2 is 0.923 bits per heavy atom. The molecule has 0 N–H and O–H groups in total. The second-order valence-electron chi connectivity index (χ2n) is 13.6. The number of carbonyl (C=O) groups excluding carboxylic acids is 1. The zero-order chi connectivity index (χ0) is 36.1. The van der Waals surface area contributed by atoms with Crippen LogP contribution in [0.3, 0.4) is 0 Å². The molecule has 0 radical (unpaired) electrons. The van der Waals surface area contributed by atoms with E-state index in [1.807, 2.05) is 72.8 Å². The molecular formula is C45H56O7. The van der Waals surface area contributed by atoms with E-state index in [1.54, 1.807) is 6.92 Å². The normalized spacial score (nSPS) is 20.1. The van der Waals surface area contributed by atoms with Crippen LogP contribution in [-0.2, 0) is 59.6 Å². The van der Waals surface area contributed by atoms with Crippen molar-refractivity contribution in [3.63, 3.8) is 0 Å². The van der Waals surface area contributed by atoms with Crippen molar-refractivity contribution >= 4 is 5.78 Å². The number of ketones is 1. The van der Waals surface area contributed by atoms with Gasteiger partial charge in [-0.2, -0.15) is 0 Å². The first-order chi connectivity index (χ1) is 25.7. The molecule has 0 spiro atoms. The lowest BCUT2D eigenvalue weighted by Gasteiger charge is -2.46. The quantitative estimate of drug-likeness (QED) is 0.0672. The fourth-order valence-corrected chi connectivity index (χ4v) is 6.44. The van der Waals surface area contributed by atoms with Gasteiger partial charge in [0.1, 0.15) is 30.2 Å². The molecule has 0 aromatic heterocycles. The number of hydrogen-bond acceptors (Lipinski definition) is 7. The van der Waals surface area contributed by atoms with Crippen molar-refractivity contribution in [1.82, 2.24) is 0 Å². The molecule has 0 bridgehead atoms. The molecule has 0 saturated carbocycles. The van der Waals surface area contributed by atoms with Crippen LogP contribution in [0.2, 0.25) is 0 Å². The van der Waals surface area contributed by atoms with Crippen LogP contribution in [0.5, 0.6) is 0 Å². The number of carbonyl (C=O) groups is 1. The number of unbranched alkanes of at least 4 members (excludes halogenated alkanes) is 6. The van der Waals surface area contributed by atoms with Crippen molar-refractivity contribution in [3.8, 4) is 0 Å². The number of rotatable bonds is 24. The molecule has 4 aromatic rings. The second-order valence-corrected chi connectivity index (χ2v) is 13.6. The highest BCUT2D eigenvalue weighted by Gasteiger charge is 2.49. The maximum atomic E-state index is 11.2. The average molecular weight is 709 g/mol. The Labute approximate surface area is 310 Å². The van der Waals surface area contributed by atoms with E-state index in [4.69, 9.17) is 28.4 Å². The molecule has 1 heterocycles. The van der Waals surface area contributed by atoms with Crippen LogP contribution in [0.4, 0.5) is 0 Å². The molecule has 4 aromatic carbocycles. The van der Waals surface area contributed by atoms with E-state index in [-0.39, 0.29) is 5.78 Å². The third kappa shape index (κ3) is 14.0. The van der Waals surface area contributed by atoms with Crippen LogP contribution in [-0.4, -0.2) is 49.7 Å². The van der Waals surface area contributed by atoms with Crippen LogP contribution >= 0.6 is 0 Å². The summed E-state index contributed by atoms with van der Waals surface area (Å²) in [5.41, 5.74) is 4.27. The van der Waals surface area contributed by atoms with Crippen LogP contribution in [0.25, 0.3) is 0 Å². The lowest BCUT2D eigenvalue weighted by molar-refractivity contribution is -0.328. The number of ether oxygens (including phenoxy) is 6. The van der Waals surface area contributed by atoms with Gasteiger partial charge in [-0.15, -0.1) is 0 Å². The van der Waals surface area contributed by atoms with E-state index < -0.39 is 30.7 Å². The molecule has 1 saturated heterocycles. The molecule has 1 fully saturated rings. The SMILES string of the molecule is CC(=O)CCCCCCCCCO[C@H]1O[C@H](COCc2ccccc2)[C@@H](OCc2ccccc2)[C@H](OCc2ccccc2)[C@H]1OCc1ccccc1. The molecule has 52 heavy (non-hydrogen) atoms. The lowest BCUT2D eigenvalue weighted by atomic mass is 9.97. The molecule has 278 valence electrons. The monoisotopic (exact) mass is 708 g/mol. The summed E-state index contributed by atoms with van der Waals surface area (Å²) in [5, 5.41) is 0. The summed E-state index contributed by atoms with van der Waals surface area (Å²) in [6.45, 7) is 4.12. The highest BCUT2D eigenvalue weighted by atomic mass is 16.7. The summed E-state index contributed by atoms with van der Waals surface area (Å²) in [6, 6.07) is 40.7. The maximum absolute atomic E-state index is 11.2. The Bertz CT molecular complexity index is 1500. The molecule has 1 aliphatic rings. The van der Waals surface area contributed by atoms with E-state index in [2.05, 4.69) is 48.5 Å². The second kappa shape index (κ2) is 23.1. The van der Waals surface area contributed by atoms with Gasteiger partial charge in [-0.05, 0) is 42.0 Å². The Morgan fingerprint density at radius 1 is 0.500 bits per heavy atom. The highest BCUT2D eigenvalue weighted by molar-refractivity contribution is 5.75. The largest absolute Gasteiger partial charge is 0.374 e. The fourth-order valence-electron chi connectivity index (χ4n) is 6.44. The number of Topliss-reactive ketones (excluding diaryl/α,β-unsaturated/α-hetero) is 1. The first-order valence-electron chi connectivity index (χ1n) is 19.0. The molecule has 0 aliphatic carbocycles. The van der Waals surface area contributed by atoms with Gasteiger partial charge < -0.3 is 33.2 Å². The van der Waals surface area contributed by atoms with Gasteiger partial charge in [0, 0.05) is 13.0 Å². The zero-order valence-electron chi connectivity index (χ0n) is 30.7. The first kappa shape index (κ1) is 39.5. The molecule has 0 unspecified atom stereocenters. The molecule has 7 nitrogen and oxygen atoms in total. The van der Waals surface area contributed by atoms with Gasteiger partial charge in [0.15, 0.2) is 6.29 Å². The van der Waals surface area contributed by atoms with Crippen LogP contribution in [0.1, 0.15) is 80.5 Å². The standard InChI is InChI=1S/C45H56O7/c1-36(46)21-11-5-3-2-4-6-20-30-48-45-44(51-34-40-28-18-10-19-29-40)43(50-33-39-26-16-9-17-27-39)42(49-32-38-24-14-8-15-25-38)41(52-45)35-47-31-37-22-12-7-13-23-37/h7-10,12-19,22-29,41-45H,2-6,11,20-21,30-35H2,1H3/t41-,42-,43+,44-,45+/m1/s1. The highest BCUT2D eigenvalue weighted by Crippen LogP contribution is 2.32. The van der Waals surface area contributed by atoms with Crippen LogP contribution < -0.4 is 0 Å². The first-order valence-corrected chi connectivity index (χ1v) is 19.0. The van der Waals surface area contributed by atoms with Gasteiger partial charge in [0.25, 0.3) is 0 Å². The zero-order valence-corrected chi connectivity index (χ0v) is 30.7. The van der Waals surface area contributed by atoms with Crippen molar-refractivity contribution < 1.29 is 33.2 Å². The van der Waals surface area contributed by atoms with E-state index in [0.29, 0.717) is 46.1 Å². The summed E-state index contributed by atoms with van der Waals surface area (Å²) in [6.07, 6.45) is 5.51. The van der Waals surface area contributed by atoms with Crippen molar-refractivity contribution in [3.05, 3.63) is 144 Å². The maximum Gasteiger partial charge on any atom is 0.186 e. The van der Waals surface area contributed by atoms with Gasteiger partial charge in [-0.3, -0.25) is 0 Å². The summed E-state index contributed by atoms with van der Waals surface area (Å²) < 4.78 is 39.9. The minimum atomic E-state index is -0.682. The number of hydrogen-bond donors (Lipinski definition) is 0. The van der Waals surface area contributed by atoms with Crippen molar-refractivity contribution in [2.45, 2.75) is 115 Å². The summed E-state index contributed by atoms with van der Waals surface area (Å²) in [5.74, 6) is 0.278. The van der Waals surface area contributed by atoms with Crippen LogP contribution in [0.15, 0.2) is 121 Å². The van der Waals surface area contributed by atoms with Crippen molar-refractivity contribution in [2.24, 2.45) is 0 Å². The third-order valence-corrected chi connectivity index (χ3v) is 9.30. The molecule has 5 rings (SSSR count). The fraction of sp³-hybridized carbons (Fsp3) is 0.444. The topological polar surface area (TPSA) is 72.5 Å². The molecule has 7 heteroatoms. The lowest BCUT2D eigenvalue weighted by Crippen LogP contribution is -2.61. The summed E-state index contributed by atoms with van der Waals surface area (Å²) in [7, 11) is 0. The Hall–Kier alpha value is -3.69. The van der Waals surface area contributed by atoms with Gasteiger partial charge in [-0.25, -0.2) is 0 Å². The van der Waals surface area contributed by atoms with E-state index >= 15 is 0 Å². The third-order valence-electron chi connectivity index (χ3n) is 9.30. The smallest absolute Gasteiger partial charge is 0.186 e. The Balaban J connectivity index is 1.32. The minimum Gasteiger partial charge on any atom is -0.374 e. The van der Waals surface area contributed by atoms with Crippen molar-refractivity contribution in [2.75, 3.05) is 13.2 Å². The Morgan fingerprint density at radius 3 is 1.42 bits per heavy atom. The predicted octanol–water partition coefficient (Wildman–Crippen LogP) is 9.41. The molecular weight excluding hydrogens is 652 g/mol. The molecule has 5 atom stereocenters. The van der Waals surface area contributed by atoms with E-state index in [1.165, 1.54) is 0 Å². The molecule has 0 amide bonds. The Kier molecular flexibility index (Phi) is 17.5. The average Bonchev–Trinajstić information content (AvgIpc) is 3.18. The predicted molar refractivity (Wildman–Crippen MR) is 203 cm³/mol. The van der Waals surface area contributed by atoms with Crippen LogP contribution in [0, 0.1) is 0 Å². The molecule has 1 aliphatic heterocycles. The van der Waals surface area contributed by atoms with Gasteiger partial charge in [0.2, 0.25) is 0 Å². The summed E-state index contributed by atoms with van der Waals surface area (Å²) >= 11 is 0. The number of benzene rings is 4. The van der Waals surface area contributed by atoms with E-state index in [0.717, 1.165) is 67.2 Å². The van der Waals surface area contributed by atoms with Gasteiger partial charge in [-0.1, -0.05) is 153 Å². The van der Waals surface area contributed by atoms with E-state index in [9.17, 15) is 4.79 Å². The minimum absolute atomic E-state index is 0.278.